The smallest absolute Gasteiger partial charge is 0.312 e. The standard InChI is InChI=1S/C47H50ClFN4O8S/c1-46(2)18-17-34(40(29-46)33-9-11-35(48)12-10-33)30-51-21-23-52(24-22-51)36-13-15-39(44(27-36)61-42-8-4-6-32-5-3-7-38(32)42)45(54)50-62(57,58)37-14-16-43(41(28-37)53(55)56)60-31-47(49)19-25-59-26-20-47/h3-4,6-16,27-28H,5,17-26,29-31H2,1-2H3,(H,50,54). The van der Waals surface area contributed by atoms with E-state index in [9.17, 15) is 23.3 Å². The number of hydrogen-bond donors (Lipinski definition) is 1. The zero-order chi connectivity index (χ0) is 43.6. The van der Waals surface area contributed by atoms with Gasteiger partial charge in [-0.05, 0) is 90.3 Å². The second-order valence-electron chi connectivity index (χ2n) is 17.3. The molecule has 1 amide bonds. The van der Waals surface area contributed by atoms with Gasteiger partial charge in [-0.15, -0.1) is 0 Å². The van der Waals surface area contributed by atoms with Crippen LogP contribution in [0.5, 0.6) is 17.2 Å². The number of carbonyl (C=O) groups is 1. The summed E-state index contributed by atoms with van der Waals surface area (Å²) in [6.45, 7) is 8.53. The van der Waals surface area contributed by atoms with Crippen LogP contribution in [0.25, 0.3) is 11.6 Å². The van der Waals surface area contributed by atoms with Gasteiger partial charge in [0.1, 0.15) is 23.8 Å². The van der Waals surface area contributed by atoms with Crippen molar-refractivity contribution in [3.8, 4) is 17.2 Å². The lowest BCUT2D eigenvalue weighted by Gasteiger charge is -2.39. The normalized spacial score (nSPS) is 18.6. The van der Waals surface area contributed by atoms with Crippen LogP contribution in [0.4, 0.5) is 15.8 Å². The molecule has 0 spiro atoms. The lowest BCUT2D eigenvalue weighted by molar-refractivity contribution is -0.386. The molecule has 0 saturated carbocycles. The summed E-state index contributed by atoms with van der Waals surface area (Å²) in [5, 5.41) is 12.8. The zero-order valence-corrected chi connectivity index (χ0v) is 36.4. The average molecular weight is 885 g/mol. The minimum absolute atomic E-state index is 0.0448. The Bertz CT molecular complexity index is 2530. The molecule has 15 heteroatoms. The highest BCUT2D eigenvalue weighted by Crippen LogP contribution is 2.44. The molecule has 4 aromatic carbocycles. The van der Waals surface area contributed by atoms with Gasteiger partial charge in [-0.2, -0.15) is 0 Å². The number of benzene rings is 4. The Hall–Kier alpha value is -5.28. The lowest BCUT2D eigenvalue weighted by Crippen LogP contribution is -2.47. The molecule has 4 aromatic rings. The van der Waals surface area contributed by atoms with Crippen LogP contribution in [-0.4, -0.2) is 82.4 Å². The number of nitro groups is 1. The lowest BCUT2D eigenvalue weighted by atomic mass is 9.72. The van der Waals surface area contributed by atoms with Crippen molar-refractivity contribution in [1.29, 1.82) is 0 Å². The first-order valence-corrected chi connectivity index (χ1v) is 22.8. The second kappa shape index (κ2) is 17.8. The highest BCUT2D eigenvalue weighted by atomic mass is 35.5. The van der Waals surface area contributed by atoms with Gasteiger partial charge in [-0.1, -0.05) is 67.4 Å². The number of ether oxygens (including phenoxy) is 3. The molecule has 2 heterocycles. The number of hydrogen-bond acceptors (Lipinski definition) is 10. The summed E-state index contributed by atoms with van der Waals surface area (Å²) in [5.41, 5.74) is 4.58. The molecular weight excluding hydrogens is 835 g/mol. The van der Waals surface area contributed by atoms with Crippen LogP contribution < -0.4 is 19.1 Å². The van der Waals surface area contributed by atoms with Gasteiger partial charge in [0, 0.05) is 87.2 Å². The van der Waals surface area contributed by atoms with Crippen molar-refractivity contribution in [2.75, 3.05) is 57.4 Å². The van der Waals surface area contributed by atoms with E-state index in [0.29, 0.717) is 5.75 Å². The highest BCUT2D eigenvalue weighted by Gasteiger charge is 2.35. The Kier molecular flexibility index (Phi) is 12.5. The molecule has 0 atom stereocenters. The summed E-state index contributed by atoms with van der Waals surface area (Å²) in [6.07, 6.45) is 8.02. The number of carbonyl (C=O) groups excluding carboxylic acids is 1. The van der Waals surface area contributed by atoms with Gasteiger partial charge in [-0.25, -0.2) is 17.5 Å². The molecule has 62 heavy (non-hydrogen) atoms. The number of piperazine rings is 1. The quantitative estimate of drug-likeness (QED) is 0.102. The Morgan fingerprint density at radius 3 is 2.45 bits per heavy atom. The van der Waals surface area contributed by atoms with E-state index in [1.54, 1.807) is 18.2 Å². The van der Waals surface area contributed by atoms with Gasteiger partial charge in [0.2, 0.25) is 0 Å². The number of nitrogens with zero attached hydrogens (tertiary/aromatic N) is 3. The number of rotatable bonds is 13. The van der Waals surface area contributed by atoms with E-state index in [1.165, 1.54) is 22.8 Å². The minimum Gasteiger partial charge on any atom is -0.483 e. The van der Waals surface area contributed by atoms with Crippen LogP contribution in [0, 0.1) is 15.5 Å². The number of sulfonamides is 1. The summed E-state index contributed by atoms with van der Waals surface area (Å²) in [6, 6.07) is 21.9. The fraction of sp³-hybridized carbons (Fsp3) is 0.383. The number of fused-ring (bicyclic) bond motifs is 1. The topological polar surface area (TPSA) is 141 Å². The van der Waals surface area contributed by atoms with E-state index in [4.69, 9.17) is 25.8 Å². The number of nitrogens with one attached hydrogen (secondary N) is 1. The van der Waals surface area contributed by atoms with Crippen LogP contribution in [0.3, 0.4) is 0 Å². The number of halogens is 2. The van der Waals surface area contributed by atoms with Crippen LogP contribution in [-0.2, 0) is 21.2 Å². The van der Waals surface area contributed by atoms with E-state index in [1.807, 2.05) is 36.4 Å². The third kappa shape index (κ3) is 9.83. The summed E-state index contributed by atoms with van der Waals surface area (Å²) in [4.78, 5) is 29.4. The van der Waals surface area contributed by atoms with Gasteiger partial charge in [0.15, 0.2) is 5.75 Å². The Labute approximate surface area is 366 Å². The van der Waals surface area contributed by atoms with E-state index in [0.717, 1.165) is 98.4 Å². The second-order valence-corrected chi connectivity index (χ2v) is 19.4. The van der Waals surface area contributed by atoms with Crippen molar-refractivity contribution in [3.63, 3.8) is 0 Å². The van der Waals surface area contributed by atoms with Crippen molar-refractivity contribution in [2.45, 2.75) is 62.9 Å². The number of allylic oxidation sites excluding steroid dienone is 2. The molecule has 8 rings (SSSR count). The number of anilines is 1. The van der Waals surface area contributed by atoms with E-state index >= 15 is 4.39 Å². The van der Waals surface area contributed by atoms with Crippen LogP contribution >= 0.6 is 11.6 Å². The predicted octanol–water partition coefficient (Wildman–Crippen LogP) is 9.41. The van der Waals surface area contributed by atoms with Gasteiger partial charge in [0.25, 0.3) is 15.9 Å². The minimum atomic E-state index is -4.65. The first kappa shape index (κ1) is 43.4. The van der Waals surface area contributed by atoms with Crippen LogP contribution in [0.2, 0.25) is 5.02 Å². The van der Waals surface area contributed by atoms with Crippen molar-refractivity contribution in [2.24, 2.45) is 5.41 Å². The zero-order valence-electron chi connectivity index (χ0n) is 34.8. The summed E-state index contributed by atoms with van der Waals surface area (Å²) in [5.74, 6) is -0.616. The molecular formula is C47H50ClFN4O8S. The van der Waals surface area contributed by atoms with Gasteiger partial charge in [0.05, 0.1) is 15.4 Å². The van der Waals surface area contributed by atoms with Crippen molar-refractivity contribution in [3.05, 3.63) is 128 Å². The largest absolute Gasteiger partial charge is 0.483 e. The van der Waals surface area contributed by atoms with E-state index in [-0.39, 0.29) is 48.5 Å². The third-order valence-electron chi connectivity index (χ3n) is 12.3. The average Bonchev–Trinajstić information content (AvgIpc) is 3.74. The van der Waals surface area contributed by atoms with E-state index in [2.05, 4.69) is 40.5 Å². The third-order valence-corrected chi connectivity index (χ3v) is 13.9. The SMILES string of the molecule is CC1(C)CCC(CN2CCN(c3ccc(C(=O)NS(=O)(=O)c4ccc(OCC5(F)CCOCC5)c([N+](=O)[O-])c4)c(Oc4cccc5c4C=CC5)c3)CC2)=C(c2ccc(Cl)cc2)C1. The van der Waals surface area contributed by atoms with Gasteiger partial charge >= 0.3 is 5.69 Å². The van der Waals surface area contributed by atoms with E-state index < -0.39 is 43.7 Å². The number of nitro benzene ring substituents is 1. The van der Waals surface area contributed by atoms with Gasteiger partial charge < -0.3 is 19.1 Å². The Morgan fingerprint density at radius 2 is 1.71 bits per heavy atom. The maximum atomic E-state index is 15.2. The molecule has 2 aliphatic heterocycles. The van der Waals surface area contributed by atoms with Gasteiger partial charge in [-0.3, -0.25) is 19.8 Å². The number of alkyl halides is 1. The molecule has 4 aliphatic rings. The predicted molar refractivity (Wildman–Crippen MR) is 237 cm³/mol. The first-order valence-electron chi connectivity index (χ1n) is 20.9. The van der Waals surface area contributed by atoms with Crippen LogP contribution in [0.15, 0.2) is 95.4 Å². The first-order chi connectivity index (χ1) is 29.7. The van der Waals surface area contributed by atoms with Crippen molar-refractivity contribution >= 4 is 50.6 Å². The monoisotopic (exact) mass is 884 g/mol. The number of amides is 1. The summed E-state index contributed by atoms with van der Waals surface area (Å²) in [7, 11) is -4.65. The molecule has 12 nitrogen and oxygen atoms in total. The maximum absolute atomic E-state index is 15.2. The molecule has 2 saturated heterocycles. The Morgan fingerprint density at radius 1 is 0.952 bits per heavy atom. The molecule has 0 radical (unpaired) electrons. The van der Waals surface area contributed by atoms with Crippen molar-refractivity contribution in [1.82, 2.24) is 9.62 Å². The summed E-state index contributed by atoms with van der Waals surface area (Å²) >= 11 is 6.24. The highest BCUT2D eigenvalue weighted by molar-refractivity contribution is 7.90. The molecule has 2 fully saturated rings. The molecule has 0 bridgehead atoms. The molecule has 326 valence electrons. The molecule has 1 N–H and O–H groups in total. The Balaban J connectivity index is 1.01. The summed E-state index contributed by atoms with van der Waals surface area (Å²) < 4.78 is 61.8. The van der Waals surface area contributed by atoms with Crippen molar-refractivity contribution < 1.29 is 36.7 Å². The molecule has 2 aliphatic carbocycles. The fourth-order valence-corrected chi connectivity index (χ4v) is 9.71. The van der Waals surface area contributed by atoms with Crippen LogP contribution in [0.1, 0.15) is 73.0 Å². The molecule has 0 aromatic heterocycles. The fourth-order valence-electron chi connectivity index (χ4n) is 8.60. The molecule has 0 unspecified atom stereocenters. The maximum Gasteiger partial charge on any atom is 0.312 e.